The lowest BCUT2D eigenvalue weighted by atomic mass is 10.0. The molecule has 1 atom stereocenters. The van der Waals surface area contributed by atoms with Crippen molar-refractivity contribution in [2.75, 3.05) is 20.3 Å². The fraction of sp³-hybridized carbons (Fsp3) is 1.00. The summed E-state index contributed by atoms with van der Waals surface area (Å²) in [4.78, 5) is 0. The molecule has 3 nitrogen and oxygen atoms in total. The van der Waals surface area contributed by atoms with Crippen molar-refractivity contribution in [2.45, 2.75) is 77.3 Å². The molecule has 0 aromatic carbocycles. The van der Waals surface area contributed by atoms with Crippen molar-refractivity contribution in [3.05, 3.63) is 0 Å². The van der Waals surface area contributed by atoms with Crippen molar-refractivity contribution in [1.82, 2.24) is 5.32 Å². The third-order valence-corrected chi connectivity index (χ3v) is 3.37. The lowest BCUT2D eigenvalue weighted by Crippen LogP contribution is -2.43. The van der Waals surface area contributed by atoms with Gasteiger partial charge in [-0.3, -0.25) is 0 Å². The van der Waals surface area contributed by atoms with Gasteiger partial charge in [0.25, 0.3) is 0 Å². The van der Waals surface area contributed by atoms with E-state index in [0.717, 1.165) is 0 Å². The number of aliphatic hydroxyl groups excluding tert-OH is 1. The molecule has 18 heavy (non-hydrogen) atoms. The highest BCUT2D eigenvalue weighted by atomic mass is 16.5. The van der Waals surface area contributed by atoms with Gasteiger partial charge in [0.2, 0.25) is 0 Å². The van der Waals surface area contributed by atoms with E-state index in [1.807, 2.05) is 0 Å². The molecule has 2 N–H and O–H groups in total. The monoisotopic (exact) mass is 259 g/mol. The summed E-state index contributed by atoms with van der Waals surface area (Å²) >= 11 is 0. The summed E-state index contributed by atoms with van der Waals surface area (Å²) in [5, 5.41) is 12.9. The van der Waals surface area contributed by atoms with E-state index < -0.39 is 0 Å². The van der Waals surface area contributed by atoms with Gasteiger partial charge >= 0.3 is 0 Å². The molecule has 0 rings (SSSR count). The van der Waals surface area contributed by atoms with E-state index in [-0.39, 0.29) is 12.6 Å². The third-order valence-electron chi connectivity index (χ3n) is 3.37. The first-order chi connectivity index (χ1) is 8.78. The van der Waals surface area contributed by atoms with E-state index in [1.54, 1.807) is 7.11 Å². The predicted octanol–water partition coefficient (Wildman–Crippen LogP) is 3.11. The van der Waals surface area contributed by atoms with E-state index in [0.29, 0.717) is 12.6 Å². The maximum absolute atomic E-state index is 9.31. The molecule has 0 saturated heterocycles. The second-order valence-electron chi connectivity index (χ2n) is 5.19. The van der Waals surface area contributed by atoms with Gasteiger partial charge in [-0.15, -0.1) is 0 Å². The Bertz CT molecular complexity index is 155. The summed E-state index contributed by atoms with van der Waals surface area (Å²) in [6, 6.07) is 0.624. The van der Waals surface area contributed by atoms with E-state index in [2.05, 4.69) is 19.2 Å². The van der Waals surface area contributed by atoms with Crippen LogP contribution in [0.3, 0.4) is 0 Å². The minimum Gasteiger partial charge on any atom is -0.395 e. The van der Waals surface area contributed by atoms with Crippen molar-refractivity contribution in [3.8, 4) is 0 Å². The molecule has 0 spiro atoms. The lowest BCUT2D eigenvalue weighted by Gasteiger charge is -2.24. The molecule has 0 aliphatic rings. The normalized spacial score (nSPS) is 13.2. The second-order valence-corrected chi connectivity index (χ2v) is 5.19. The summed E-state index contributed by atoms with van der Waals surface area (Å²) < 4.78 is 5.12. The molecule has 0 aliphatic heterocycles. The van der Waals surface area contributed by atoms with Crippen LogP contribution in [-0.2, 0) is 4.74 Å². The van der Waals surface area contributed by atoms with Gasteiger partial charge < -0.3 is 15.2 Å². The molecule has 0 heterocycles. The Morgan fingerprint density at radius 2 is 1.50 bits per heavy atom. The zero-order valence-corrected chi connectivity index (χ0v) is 12.6. The molecular weight excluding hydrogens is 226 g/mol. The summed E-state index contributed by atoms with van der Waals surface area (Å²) in [6.07, 6.45) is 10.2. The molecule has 0 bridgehead atoms. The number of hydrogen-bond acceptors (Lipinski definition) is 3. The summed E-state index contributed by atoms with van der Waals surface area (Å²) in [6.45, 7) is 5.22. The lowest BCUT2D eigenvalue weighted by molar-refractivity contribution is 0.119. The topological polar surface area (TPSA) is 41.5 Å². The molecule has 0 saturated carbocycles. The van der Waals surface area contributed by atoms with Crippen LogP contribution in [0.25, 0.3) is 0 Å². The van der Waals surface area contributed by atoms with Gasteiger partial charge in [0.15, 0.2) is 0 Å². The minimum atomic E-state index is 0.0863. The van der Waals surface area contributed by atoms with Gasteiger partial charge in [-0.05, 0) is 12.8 Å². The smallest absolute Gasteiger partial charge is 0.0638 e. The molecule has 1 unspecified atom stereocenters. The fourth-order valence-electron chi connectivity index (χ4n) is 2.28. The standard InChI is InChI=1S/C15H33NO2/c1-4-6-8-10-14(11-9-7-5-2)16-15(12-17)13-18-3/h14-17H,4-13H2,1-3H3. The average molecular weight is 259 g/mol. The molecule has 3 heteroatoms. The van der Waals surface area contributed by atoms with Gasteiger partial charge in [0.1, 0.15) is 0 Å². The van der Waals surface area contributed by atoms with Crippen LogP contribution in [0, 0.1) is 0 Å². The van der Waals surface area contributed by atoms with Crippen LogP contribution in [-0.4, -0.2) is 37.5 Å². The number of hydrogen-bond donors (Lipinski definition) is 2. The summed E-state index contributed by atoms with van der Waals surface area (Å²) in [5.74, 6) is 0. The minimum absolute atomic E-state index is 0.0863. The van der Waals surface area contributed by atoms with Gasteiger partial charge in [-0.2, -0.15) is 0 Å². The highest BCUT2D eigenvalue weighted by Gasteiger charge is 2.14. The molecule has 0 aliphatic carbocycles. The van der Waals surface area contributed by atoms with Crippen molar-refractivity contribution < 1.29 is 9.84 Å². The fourth-order valence-corrected chi connectivity index (χ4v) is 2.28. The Morgan fingerprint density at radius 3 is 1.89 bits per heavy atom. The van der Waals surface area contributed by atoms with Gasteiger partial charge in [0.05, 0.1) is 19.3 Å². The molecule has 0 aromatic rings. The second kappa shape index (κ2) is 13.3. The van der Waals surface area contributed by atoms with E-state index in [1.165, 1.54) is 51.4 Å². The maximum atomic E-state index is 9.31. The van der Waals surface area contributed by atoms with E-state index >= 15 is 0 Å². The van der Waals surface area contributed by atoms with Crippen LogP contribution >= 0.6 is 0 Å². The predicted molar refractivity (Wildman–Crippen MR) is 78.0 cm³/mol. The third kappa shape index (κ3) is 9.86. The van der Waals surface area contributed by atoms with Crippen molar-refractivity contribution in [2.24, 2.45) is 0 Å². The Balaban J connectivity index is 3.99. The van der Waals surface area contributed by atoms with Crippen LogP contribution in [0.4, 0.5) is 0 Å². The Hall–Kier alpha value is -0.120. The number of unbranched alkanes of at least 4 members (excludes halogenated alkanes) is 4. The first-order valence-corrected chi connectivity index (χ1v) is 7.64. The zero-order valence-electron chi connectivity index (χ0n) is 12.6. The summed E-state index contributed by atoms with van der Waals surface area (Å²) in [5.41, 5.74) is 0. The molecule has 0 radical (unpaired) electrons. The van der Waals surface area contributed by atoms with Gasteiger partial charge in [-0.25, -0.2) is 0 Å². The Labute approximate surface area is 113 Å². The van der Waals surface area contributed by atoms with Crippen LogP contribution in [0.15, 0.2) is 0 Å². The first kappa shape index (κ1) is 17.9. The van der Waals surface area contributed by atoms with Gasteiger partial charge in [0, 0.05) is 13.2 Å². The maximum Gasteiger partial charge on any atom is 0.0638 e. The van der Waals surface area contributed by atoms with Crippen molar-refractivity contribution >= 4 is 0 Å². The number of methoxy groups -OCH3 is 1. The molecule has 0 amide bonds. The van der Waals surface area contributed by atoms with Crippen LogP contribution in [0.5, 0.6) is 0 Å². The SMILES string of the molecule is CCCCCC(CCCCC)NC(CO)COC. The highest BCUT2D eigenvalue weighted by molar-refractivity contribution is 4.74. The largest absolute Gasteiger partial charge is 0.395 e. The molecule has 0 aromatic heterocycles. The van der Waals surface area contributed by atoms with Crippen LogP contribution < -0.4 is 5.32 Å². The quantitative estimate of drug-likeness (QED) is 0.499. The zero-order chi connectivity index (χ0) is 13.6. The number of rotatable bonds is 13. The molecular formula is C15H33NO2. The van der Waals surface area contributed by atoms with E-state index in [9.17, 15) is 5.11 Å². The first-order valence-electron chi connectivity index (χ1n) is 7.64. The number of nitrogens with one attached hydrogen (secondary N) is 1. The number of ether oxygens (including phenoxy) is 1. The highest BCUT2D eigenvalue weighted by Crippen LogP contribution is 2.11. The van der Waals surface area contributed by atoms with Crippen molar-refractivity contribution in [3.63, 3.8) is 0 Å². The Morgan fingerprint density at radius 1 is 0.944 bits per heavy atom. The van der Waals surface area contributed by atoms with Gasteiger partial charge in [-0.1, -0.05) is 52.4 Å². The summed E-state index contributed by atoms with van der Waals surface area (Å²) in [7, 11) is 1.69. The Kier molecular flexibility index (Phi) is 13.2. The average Bonchev–Trinajstić information content (AvgIpc) is 2.38. The van der Waals surface area contributed by atoms with Crippen LogP contribution in [0.1, 0.15) is 65.2 Å². The van der Waals surface area contributed by atoms with Crippen LogP contribution in [0.2, 0.25) is 0 Å². The molecule has 110 valence electrons. The molecule has 0 fully saturated rings. The number of aliphatic hydroxyl groups is 1. The van der Waals surface area contributed by atoms with E-state index in [4.69, 9.17) is 4.74 Å². The van der Waals surface area contributed by atoms with Crippen molar-refractivity contribution in [1.29, 1.82) is 0 Å².